The van der Waals surface area contributed by atoms with E-state index in [0.29, 0.717) is 5.56 Å². The lowest BCUT2D eigenvalue weighted by Gasteiger charge is -2.17. The van der Waals surface area contributed by atoms with E-state index < -0.39 is 29.6 Å². The lowest BCUT2D eigenvalue weighted by atomic mass is 10.1. The molecule has 0 aliphatic carbocycles. The maximum atomic E-state index is 12.7. The molecule has 3 aromatic rings. The molecule has 1 atom stereocenters. The molecular weight excluding hydrogens is 364 g/mol. The van der Waals surface area contributed by atoms with Gasteiger partial charge in [0.05, 0.1) is 5.39 Å². The largest absolute Gasteiger partial charge is 0.442 e. The second-order valence-electron chi connectivity index (χ2n) is 5.71. The molecule has 28 heavy (non-hydrogen) atoms. The van der Waals surface area contributed by atoms with Gasteiger partial charge in [0.25, 0.3) is 11.5 Å². The van der Waals surface area contributed by atoms with Gasteiger partial charge in [0.1, 0.15) is 0 Å². The predicted octanol–water partition coefficient (Wildman–Crippen LogP) is 1.28. The monoisotopic (exact) mass is 380 g/mol. The number of aromatic nitrogens is 2. The fourth-order valence-corrected chi connectivity index (χ4v) is 2.57. The molecule has 0 fully saturated rings. The van der Waals surface area contributed by atoms with E-state index in [1.807, 2.05) is 0 Å². The van der Waals surface area contributed by atoms with Crippen molar-refractivity contribution < 1.29 is 19.1 Å². The number of imide groups is 1. The number of nitrogens with one attached hydrogen (secondary N) is 3. The van der Waals surface area contributed by atoms with Gasteiger partial charge < -0.3 is 10.1 Å². The molecule has 0 bridgehead atoms. The topological polar surface area (TPSA) is 130 Å². The first kappa shape index (κ1) is 18.8. The van der Waals surface area contributed by atoms with Gasteiger partial charge in [-0.3, -0.25) is 14.9 Å². The Morgan fingerprint density at radius 3 is 2.32 bits per heavy atom. The number of rotatable bonds is 4. The number of hydrogen-bond acceptors (Lipinski definition) is 6. The zero-order valence-electron chi connectivity index (χ0n) is 14.8. The molecule has 1 aromatic heterocycles. The average Bonchev–Trinajstić information content (AvgIpc) is 2.72. The molecule has 2 aromatic carbocycles. The van der Waals surface area contributed by atoms with Crippen LogP contribution in [0.25, 0.3) is 10.8 Å². The van der Waals surface area contributed by atoms with E-state index >= 15 is 0 Å². The van der Waals surface area contributed by atoms with Crippen LogP contribution in [0.1, 0.15) is 22.2 Å². The van der Waals surface area contributed by atoms with E-state index in [1.54, 1.807) is 54.6 Å². The number of aromatic amines is 1. The van der Waals surface area contributed by atoms with Gasteiger partial charge in [-0.25, -0.2) is 14.7 Å². The van der Waals surface area contributed by atoms with Crippen LogP contribution in [0, 0.1) is 0 Å². The number of carbonyl (C=O) groups is 3. The minimum atomic E-state index is -1.39. The van der Waals surface area contributed by atoms with Crippen LogP contribution in [-0.4, -0.2) is 35.2 Å². The van der Waals surface area contributed by atoms with Crippen molar-refractivity contribution in [3.8, 4) is 0 Å². The number of esters is 1. The SMILES string of the molecule is CNC(=O)NC(=O)[C@H](OC(=O)c1n[nH]c(=O)c2ccccc12)c1ccccc1. The molecule has 0 aliphatic heterocycles. The van der Waals surface area contributed by atoms with Gasteiger partial charge in [-0.2, -0.15) is 5.10 Å². The standard InChI is InChI=1S/C19H16N4O5/c1-20-19(27)21-17(25)15(11-7-3-2-4-8-11)28-18(26)14-12-9-5-6-10-13(12)16(24)23-22-14/h2-10,15H,1H3,(H,23,24)(H2,20,21,25,27)/t15-/m1/s1. The third kappa shape index (κ3) is 3.88. The number of fused-ring (bicyclic) bond motifs is 1. The number of benzene rings is 2. The van der Waals surface area contributed by atoms with Gasteiger partial charge in [-0.15, -0.1) is 0 Å². The summed E-state index contributed by atoms with van der Waals surface area (Å²) in [5.74, 6) is -1.75. The highest BCUT2D eigenvalue weighted by Crippen LogP contribution is 2.21. The average molecular weight is 380 g/mol. The second-order valence-corrected chi connectivity index (χ2v) is 5.71. The Morgan fingerprint density at radius 1 is 1.00 bits per heavy atom. The molecular formula is C19H16N4O5. The van der Waals surface area contributed by atoms with E-state index in [-0.39, 0.29) is 16.5 Å². The van der Waals surface area contributed by atoms with Gasteiger partial charge in [0.2, 0.25) is 6.10 Å². The lowest BCUT2D eigenvalue weighted by Crippen LogP contribution is -2.41. The third-order valence-electron chi connectivity index (χ3n) is 3.92. The highest BCUT2D eigenvalue weighted by molar-refractivity contribution is 6.04. The second kappa shape index (κ2) is 8.12. The maximum absolute atomic E-state index is 12.7. The lowest BCUT2D eigenvalue weighted by molar-refractivity contribution is -0.129. The zero-order chi connectivity index (χ0) is 20.1. The summed E-state index contributed by atoms with van der Waals surface area (Å²) in [6.45, 7) is 0. The zero-order valence-corrected chi connectivity index (χ0v) is 14.8. The Bertz CT molecular complexity index is 1090. The van der Waals surface area contributed by atoms with Crippen LogP contribution in [0.3, 0.4) is 0 Å². The summed E-state index contributed by atoms with van der Waals surface area (Å²) < 4.78 is 5.36. The van der Waals surface area contributed by atoms with Crippen LogP contribution < -0.4 is 16.2 Å². The van der Waals surface area contributed by atoms with Crippen molar-refractivity contribution in [1.29, 1.82) is 0 Å². The maximum Gasteiger partial charge on any atom is 0.360 e. The summed E-state index contributed by atoms with van der Waals surface area (Å²) in [4.78, 5) is 48.6. The van der Waals surface area contributed by atoms with Gasteiger partial charge in [0.15, 0.2) is 5.69 Å². The summed E-state index contributed by atoms with van der Waals surface area (Å²) in [6.07, 6.45) is -1.39. The summed E-state index contributed by atoms with van der Waals surface area (Å²) in [5.41, 5.74) is -0.237. The summed E-state index contributed by atoms with van der Waals surface area (Å²) in [6, 6.07) is 13.9. The van der Waals surface area contributed by atoms with Crippen LogP contribution in [0.4, 0.5) is 4.79 Å². The molecule has 1 heterocycles. The molecule has 3 rings (SSSR count). The van der Waals surface area contributed by atoms with Crippen molar-refractivity contribution in [3.05, 3.63) is 76.2 Å². The highest BCUT2D eigenvalue weighted by Gasteiger charge is 2.28. The van der Waals surface area contributed by atoms with Crippen molar-refractivity contribution in [2.45, 2.75) is 6.10 Å². The Labute approximate surface area is 158 Å². The fraction of sp³-hybridized carbons (Fsp3) is 0.105. The smallest absolute Gasteiger partial charge is 0.360 e. The number of hydrogen-bond donors (Lipinski definition) is 3. The van der Waals surface area contributed by atoms with E-state index in [0.717, 1.165) is 0 Å². The molecule has 142 valence electrons. The van der Waals surface area contributed by atoms with Crippen molar-refractivity contribution in [1.82, 2.24) is 20.8 Å². The molecule has 0 spiro atoms. The number of carbonyl (C=O) groups excluding carboxylic acids is 3. The molecule has 9 heteroatoms. The van der Waals surface area contributed by atoms with Crippen LogP contribution in [0.15, 0.2) is 59.4 Å². The molecule has 0 radical (unpaired) electrons. The van der Waals surface area contributed by atoms with E-state index in [2.05, 4.69) is 20.8 Å². The highest BCUT2D eigenvalue weighted by atomic mass is 16.5. The molecule has 0 saturated heterocycles. The van der Waals surface area contributed by atoms with Crippen molar-refractivity contribution in [2.24, 2.45) is 0 Å². The summed E-state index contributed by atoms with van der Waals surface area (Å²) >= 11 is 0. The van der Waals surface area contributed by atoms with E-state index in [1.165, 1.54) is 7.05 Å². The molecule has 9 nitrogen and oxygen atoms in total. The molecule has 3 amide bonds. The van der Waals surface area contributed by atoms with Crippen molar-refractivity contribution >= 4 is 28.7 Å². The predicted molar refractivity (Wildman–Crippen MR) is 99.6 cm³/mol. The number of urea groups is 1. The van der Waals surface area contributed by atoms with Gasteiger partial charge in [-0.05, 0) is 6.07 Å². The van der Waals surface area contributed by atoms with Crippen LogP contribution in [0.5, 0.6) is 0 Å². The van der Waals surface area contributed by atoms with Gasteiger partial charge in [0, 0.05) is 18.0 Å². The molecule has 3 N–H and O–H groups in total. The van der Waals surface area contributed by atoms with Gasteiger partial charge >= 0.3 is 12.0 Å². The quantitative estimate of drug-likeness (QED) is 0.585. The van der Waals surface area contributed by atoms with Crippen LogP contribution >= 0.6 is 0 Å². The van der Waals surface area contributed by atoms with Crippen molar-refractivity contribution in [3.63, 3.8) is 0 Å². The summed E-state index contributed by atoms with van der Waals surface area (Å²) in [7, 11) is 1.35. The van der Waals surface area contributed by atoms with E-state index in [4.69, 9.17) is 4.74 Å². The Hall–Kier alpha value is -4.01. The number of amides is 3. The molecule has 0 unspecified atom stereocenters. The number of ether oxygens (including phenoxy) is 1. The van der Waals surface area contributed by atoms with E-state index in [9.17, 15) is 19.2 Å². The first-order valence-electron chi connectivity index (χ1n) is 8.27. The van der Waals surface area contributed by atoms with Crippen LogP contribution in [0.2, 0.25) is 0 Å². The first-order valence-corrected chi connectivity index (χ1v) is 8.27. The Kier molecular flexibility index (Phi) is 5.45. The first-order chi connectivity index (χ1) is 13.5. The van der Waals surface area contributed by atoms with Crippen LogP contribution in [-0.2, 0) is 9.53 Å². The minimum Gasteiger partial charge on any atom is -0.442 e. The molecule has 0 saturated carbocycles. The summed E-state index contributed by atoms with van der Waals surface area (Å²) in [5, 5.41) is 10.9. The number of nitrogens with zero attached hydrogens (tertiary/aromatic N) is 1. The Morgan fingerprint density at radius 2 is 1.64 bits per heavy atom. The molecule has 0 aliphatic rings. The number of H-pyrrole nitrogens is 1. The van der Waals surface area contributed by atoms with Crippen molar-refractivity contribution in [2.75, 3.05) is 7.05 Å². The fourth-order valence-electron chi connectivity index (χ4n) is 2.57. The Balaban J connectivity index is 1.96. The third-order valence-corrected chi connectivity index (χ3v) is 3.92. The minimum absolute atomic E-state index is 0.149. The normalized spacial score (nSPS) is 11.5. The van der Waals surface area contributed by atoms with Gasteiger partial charge in [-0.1, -0.05) is 48.5 Å².